The Morgan fingerprint density at radius 3 is 2.62 bits per heavy atom. The highest BCUT2D eigenvalue weighted by Crippen LogP contribution is 2.38. The maximum atomic E-state index is 12.8. The molecule has 0 amide bonds. The maximum Gasteiger partial charge on any atom is 0.426 e. The normalized spacial score (nSPS) is 13.1. The van der Waals surface area contributed by atoms with E-state index in [9.17, 15) is 4.79 Å². The zero-order valence-corrected chi connectivity index (χ0v) is 18.2. The SMILES string of the molecule is COc1ccc(CN2CCCc3c(Cl)nc4c(ncn4C(=O)Oc4ccccc4)c32)cc1. The summed E-state index contributed by atoms with van der Waals surface area (Å²) < 4.78 is 12.0. The van der Waals surface area contributed by atoms with Gasteiger partial charge < -0.3 is 14.4 Å². The first-order valence-electron chi connectivity index (χ1n) is 10.3. The van der Waals surface area contributed by atoms with E-state index >= 15 is 0 Å². The van der Waals surface area contributed by atoms with Crippen LogP contribution in [-0.2, 0) is 13.0 Å². The number of benzene rings is 2. The Morgan fingerprint density at radius 1 is 1.09 bits per heavy atom. The Balaban J connectivity index is 1.52. The van der Waals surface area contributed by atoms with Crippen LogP contribution in [0.1, 0.15) is 17.5 Å². The van der Waals surface area contributed by atoms with Crippen molar-refractivity contribution in [3.63, 3.8) is 0 Å². The van der Waals surface area contributed by atoms with Crippen molar-refractivity contribution in [1.29, 1.82) is 0 Å². The number of aromatic nitrogens is 3. The molecule has 0 aliphatic carbocycles. The summed E-state index contributed by atoms with van der Waals surface area (Å²) in [6.07, 6.45) is 2.64. The van der Waals surface area contributed by atoms with Gasteiger partial charge in [0.1, 0.15) is 28.5 Å². The lowest BCUT2D eigenvalue weighted by Gasteiger charge is -2.32. The molecule has 4 aromatic rings. The van der Waals surface area contributed by atoms with E-state index in [1.54, 1.807) is 31.4 Å². The number of fused-ring (bicyclic) bond motifs is 3. The molecule has 0 atom stereocenters. The van der Waals surface area contributed by atoms with Gasteiger partial charge in [-0.2, -0.15) is 0 Å². The number of carbonyl (C=O) groups is 1. The van der Waals surface area contributed by atoms with E-state index in [-0.39, 0.29) is 0 Å². The van der Waals surface area contributed by atoms with Crippen LogP contribution in [-0.4, -0.2) is 34.3 Å². The van der Waals surface area contributed by atoms with Crippen molar-refractivity contribution in [2.24, 2.45) is 0 Å². The van der Waals surface area contributed by atoms with E-state index in [0.717, 1.165) is 42.0 Å². The van der Waals surface area contributed by atoms with Crippen molar-refractivity contribution in [3.05, 3.63) is 77.2 Å². The van der Waals surface area contributed by atoms with E-state index in [1.807, 2.05) is 30.3 Å². The summed E-state index contributed by atoms with van der Waals surface area (Å²) in [5, 5.41) is 0.390. The molecule has 2 aromatic heterocycles. The molecule has 0 saturated carbocycles. The van der Waals surface area contributed by atoms with Crippen LogP contribution in [0.15, 0.2) is 60.9 Å². The lowest BCUT2D eigenvalue weighted by Crippen LogP contribution is -2.29. The Morgan fingerprint density at radius 2 is 1.88 bits per heavy atom. The highest BCUT2D eigenvalue weighted by atomic mass is 35.5. The molecule has 0 bridgehead atoms. The fourth-order valence-corrected chi connectivity index (χ4v) is 4.28. The first kappa shape index (κ1) is 20.3. The smallest absolute Gasteiger partial charge is 0.426 e. The highest BCUT2D eigenvalue weighted by molar-refractivity contribution is 6.31. The van der Waals surface area contributed by atoms with Crippen LogP contribution in [0.25, 0.3) is 11.2 Å². The predicted molar refractivity (Wildman–Crippen MR) is 123 cm³/mol. The number of methoxy groups -OCH3 is 1. The van der Waals surface area contributed by atoms with E-state index in [1.165, 1.54) is 10.9 Å². The Labute approximate surface area is 190 Å². The Hall–Kier alpha value is -3.58. The lowest BCUT2D eigenvalue weighted by molar-refractivity contribution is 0.203. The highest BCUT2D eigenvalue weighted by Gasteiger charge is 2.27. The molecule has 7 nitrogen and oxygen atoms in total. The molecule has 162 valence electrons. The van der Waals surface area contributed by atoms with E-state index in [4.69, 9.17) is 21.1 Å². The molecule has 1 aliphatic rings. The first-order valence-corrected chi connectivity index (χ1v) is 10.7. The molecule has 0 saturated heterocycles. The molecule has 1 aliphatic heterocycles. The summed E-state index contributed by atoms with van der Waals surface area (Å²) in [7, 11) is 1.65. The summed E-state index contributed by atoms with van der Waals surface area (Å²) in [4.78, 5) is 24.1. The van der Waals surface area contributed by atoms with Crippen molar-refractivity contribution in [2.45, 2.75) is 19.4 Å². The fraction of sp³-hybridized carbons (Fsp3) is 0.208. The van der Waals surface area contributed by atoms with Crippen molar-refractivity contribution >= 4 is 34.5 Å². The van der Waals surface area contributed by atoms with Gasteiger partial charge in [-0.25, -0.2) is 19.3 Å². The summed E-state index contributed by atoms with van der Waals surface area (Å²) in [6.45, 7) is 1.55. The van der Waals surface area contributed by atoms with Gasteiger partial charge >= 0.3 is 6.09 Å². The Kier molecular flexibility index (Phi) is 5.41. The van der Waals surface area contributed by atoms with Crippen LogP contribution in [0.5, 0.6) is 11.5 Å². The van der Waals surface area contributed by atoms with Gasteiger partial charge in [0, 0.05) is 18.7 Å². The minimum Gasteiger partial charge on any atom is -0.497 e. The number of para-hydroxylation sites is 1. The van der Waals surface area contributed by atoms with Gasteiger partial charge in [0.05, 0.1) is 12.8 Å². The molecule has 3 heterocycles. The number of anilines is 1. The van der Waals surface area contributed by atoms with Gasteiger partial charge in [0.2, 0.25) is 0 Å². The van der Waals surface area contributed by atoms with E-state index in [2.05, 4.69) is 14.9 Å². The van der Waals surface area contributed by atoms with Crippen LogP contribution in [0, 0.1) is 0 Å². The molecule has 8 heteroatoms. The summed E-state index contributed by atoms with van der Waals surface area (Å²) in [6, 6.07) is 16.9. The molecule has 0 N–H and O–H groups in total. The number of carbonyl (C=O) groups excluding carboxylic acids is 1. The number of imidazole rings is 1. The van der Waals surface area contributed by atoms with Crippen molar-refractivity contribution in [2.75, 3.05) is 18.6 Å². The molecule has 32 heavy (non-hydrogen) atoms. The Bertz CT molecular complexity index is 1270. The first-order chi connectivity index (χ1) is 15.6. The molecule has 2 aromatic carbocycles. The van der Waals surface area contributed by atoms with Crippen LogP contribution < -0.4 is 14.4 Å². The van der Waals surface area contributed by atoms with Gasteiger partial charge in [0.25, 0.3) is 0 Å². The van der Waals surface area contributed by atoms with Gasteiger partial charge in [-0.3, -0.25) is 0 Å². The van der Waals surface area contributed by atoms with Crippen LogP contribution in [0.4, 0.5) is 10.5 Å². The third-order valence-corrected chi connectivity index (χ3v) is 5.87. The molecule has 0 spiro atoms. The van der Waals surface area contributed by atoms with Crippen LogP contribution >= 0.6 is 11.6 Å². The molecular formula is C24H21ClN4O3. The third-order valence-electron chi connectivity index (χ3n) is 5.55. The van der Waals surface area contributed by atoms with Gasteiger partial charge in [0.15, 0.2) is 5.65 Å². The second kappa shape index (κ2) is 8.51. The summed E-state index contributed by atoms with van der Waals surface area (Å²) in [5.41, 5.74) is 4.05. The van der Waals surface area contributed by atoms with Crippen molar-refractivity contribution in [1.82, 2.24) is 14.5 Å². The number of rotatable bonds is 4. The predicted octanol–water partition coefficient (Wildman–Crippen LogP) is 5.09. The summed E-state index contributed by atoms with van der Waals surface area (Å²) in [5.74, 6) is 1.27. The number of hydrogen-bond acceptors (Lipinski definition) is 6. The quantitative estimate of drug-likeness (QED) is 0.405. The number of nitrogens with zero attached hydrogens (tertiary/aromatic N) is 4. The fourth-order valence-electron chi connectivity index (χ4n) is 4.02. The number of hydrogen-bond donors (Lipinski definition) is 0. The van der Waals surface area contributed by atoms with Crippen LogP contribution in [0.3, 0.4) is 0 Å². The van der Waals surface area contributed by atoms with Crippen molar-refractivity contribution in [3.8, 4) is 11.5 Å². The minimum atomic E-state index is -0.584. The summed E-state index contributed by atoms with van der Waals surface area (Å²) >= 11 is 6.58. The molecule has 0 unspecified atom stereocenters. The van der Waals surface area contributed by atoms with Crippen LogP contribution in [0.2, 0.25) is 5.15 Å². The van der Waals surface area contributed by atoms with Gasteiger partial charge in [-0.1, -0.05) is 41.9 Å². The third kappa shape index (κ3) is 3.76. The maximum absolute atomic E-state index is 12.8. The van der Waals surface area contributed by atoms with Gasteiger partial charge in [-0.15, -0.1) is 0 Å². The van der Waals surface area contributed by atoms with E-state index < -0.39 is 6.09 Å². The largest absolute Gasteiger partial charge is 0.497 e. The molecular weight excluding hydrogens is 428 g/mol. The average molecular weight is 449 g/mol. The van der Waals surface area contributed by atoms with Gasteiger partial charge in [-0.05, 0) is 42.7 Å². The number of ether oxygens (including phenoxy) is 2. The zero-order chi connectivity index (χ0) is 22.1. The topological polar surface area (TPSA) is 69.5 Å². The standard InChI is InChI=1S/C24H21ClN4O3/c1-31-17-11-9-16(10-12-17)14-28-13-5-8-19-21(28)20-23(27-22(19)25)29(15-26-20)24(30)32-18-6-3-2-4-7-18/h2-4,6-7,9-12,15H,5,8,13-14H2,1H3. The second-order valence-corrected chi connectivity index (χ2v) is 7.93. The van der Waals surface area contributed by atoms with Crippen molar-refractivity contribution < 1.29 is 14.3 Å². The zero-order valence-electron chi connectivity index (χ0n) is 17.5. The minimum absolute atomic E-state index is 0.385. The second-order valence-electron chi connectivity index (χ2n) is 7.57. The lowest BCUT2D eigenvalue weighted by atomic mass is 10.0. The van der Waals surface area contributed by atoms with E-state index in [0.29, 0.717) is 28.6 Å². The average Bonchev–Trinajstić information content (AvgIpc) is 3.24. The monoisotopic (exact) mass is 448 g/mol. The molecule has 0 fully saturated rings. The number of pyridine rings is 1. The molecule has 5 rings (SSSR count). The number of halogens is 1. The molecule has 0 radical (unpaired) electrons.